The van der Waals surface area contributed by atoms with E-state index in [1.54, 1.807) is 18.2 Å². The lowest BCUT2D eigenvalue weighted by Gasteiger charge is -2.44. The van der Waals surface area contributed by atoms with E-state index in [1.165, 1.54) is 0 Å². The Morgan fingerprint density at radius 3 is 2.45 bits per heavy atom. The molecule has 0 amide bonds. The summed E-state index contributed by atoms with van der Waals surface area (Å²) in [5, 5.41) is 11.7. The molecule has 0 aromatic heterocycles. The Morgan fingerprint density at radius 2 is 1.77 bits per heavy atom. The SMILES string of the molecule is Cc1cc(COc2ccc(Cl)cc2)c(C)c(C2C(C#N)=C(N)N(c3cccc(Cl)c3)C3=C2C(=O)CC(C)(C)C3)c1. The Kier molecular flexibility index (Phi) is 7.44. The molecule has 204 valence electrons. The number of hydrogen-bond donors (Lipinski definition) is 1. The molecule has 0 saturated heterocycles. The molecule has 5 nitrogen and oxygen atoms in total. The van der Waals surface area contributed by atoms with Crippen LogP contribution in [-0.4, -0.2) is 5.78 Å². The second-order valence-corrected chi connectivity index (χ2v) is 12.2. The number of Topliss-reactive ketones (excluding diaryl/α,β-unsaturated/α-hetero) is 1. The molecule has 0 saturated carbocycles. The van der Waals surface area contributed by atoms with Gasteiger partial charge in [0.25, 0.3) is 0 Å². The zero-order valence-electron chi connectivity index (χ0n) is 23.0. The first kappa shape index (κ1) is 27.8. The number of halogens is 2. The van der Waals surface area contributed by atoms with E-state index in [0.29, 0.717) is 52.2 Å². The Hall–Kier alpha value is -3.72. The number of nitrogens with two attached hydrogens (primary N) is 1. The molecule has 1 aliphatic heterocycles. The van der Waals surface area contributed by atoms with Crippen LogP contribution in [0, 0.1) is 30.6 Å². The third-order valence-electron chi connectivity index (χ3n) is 7.67. The standard InChI is InChI=1S/C33H31Cl2N3O2/c1-19-12-21(18-40-25-10-8-22(34)9-11-25)20(2)26(13-19)30-27(17-36)32(37)38(24-7-5-6-23(35)14-24)28-15-33(3,4)16-29(39)31(28)30/h5-14,30H,15-16,18,37H2,1-4H3. The Balaban J connectivity index is 1.67. The molecule has 1 atom stereocenters. The van der Waals surface area contributed by atoms with Gasteiger partial charge in [-0.05, 0) is 84.8 Å². The summed E-state index contributed by atoms with van der Waals surface area (Å²) in [5.41, 5.74) is 12.9. The summed E-state index contributed by atoms with van der Waals surface area (Å²) in [6.45, 7) is 8.53. The Labute approximate surface area is 245 Å². The van der Waals surface area contributed by atoms with Gasteiger partial charge < -0.3 is 10.5 Å². The maximum Gasteiger partial charge on any atom is 0.162 e. The van der Waals surface area contributed by atoms with Gasteiger partial charge in [-0.2, -0.15) is 5.26 Å². The molecular weight excluding hydrogens is 541 g/mol. The Morgan fingerprint density at radius 1 is 1.05 bits per heavy atom. The summed E-state index contributed by atoms with van der Waals surface area (Å²) in [5.74, 6) is 0.480. The molecule has 2 N–H and O–H groups in total. The van der Waals surface area contributed by atoms with Gasteiger partial charge in [-0.15, -0.1) is 0 Å². The molecule has 0 bridgehead atoms. The minimum absolute atomic E-state index is 0.0309. The number of ketones is 1. The smallest absolute Gasteiger partial charge is 0.162 e. The van der Waals surface area contributed by atoms with Gasteiger partial charge in [0.05, 0.1) is 17.6 Å². The van der Waals surface area contributed by atoms with Crippen LogP contribution in [0.1, 0.15) is 54.9 Å². The van der Waals surface area contributed by atoms with Crippen molar-refractivity contribution in [3.63, 3.8) is 0 Å². The Bertz CT molecular complexity index is 1610. The van der Waals surface area contributed by atoms with Crippen molar-refractivity contribution in [1.82, 2.24) is 0 Å². The topological polar surface area (TPSA) is 79.3 Å². The number of carbonyl (C=O) groups is 1. The lowest BCUT2D eigenvalue weighted by atomic mass is 9.68. The maximum atomic E-state index is 13.9. The molecule has 0 spiro atoms. The van der Waals surface area contributed by atoms with Crippen molar-refractivity contribution < 1.29 is 9.53 Å². The molecule has 3 aromatic rings. The van der Waals surface area contributed by atoms with Crippen LogP contribution in [0.4, 0.5) is 5.69 Å². The number of nitrogens with zero attached hydrogens (tertiary/aromatic N) is 2. The number of rotatable bonds is 5. The highest BCUT2D eigenvalue weighted by molar-refractivity contribution is 6.31. The monoisotopic (exact) mass is 571 g/mol. The summed E-state index contributed by atoms with van der Waals surface area (Å²) in [6.07, 6.45) is 1.02. The summed E-state index contributed by atoms with van der Waals surface area (Å²) in [7, 11) is 0. The van der Waals surface area contributed by atoms with E-state index in [-0.39, 0.29) is 11.2 Å². The summed E-state index contributed by atoms with van der Waals surface area (Å²) >= 11 is 12.4. The minimum Gasteiger partial charge on any atom is -0.489 e. The average Bonchev–Trinajstić information content (AvgIpc) is 2.88. The number of anilines is 1. The van der Waals surface area contributed by atoms with Crippen LogP contribution in [0.3, 0.4) is 0 Å². The van der Waals surface area contributed by atoms with Crippen LogP contribution in [0.25, 0.3) is 0 Å². The van der Waals surface area contributed by atoms with E-state index in [1.807, 2.05) is 49.1 Å². The van der Waals surface area contributed by atoms with Crippen molar-refractivity contribution >= 4 is 34.7 Å². The molecule has 2 aliphatic rings. The second-order valence-electron chi connectivity index (χ2n) is 11.3. The van der Waals surface area contributed by atoms with Crippen LogP contribution in [0.2, 0.25) is 10.0 Å². The van der Waals surface area contributed by atoms with Gasteiger partial charge in [0.1, 0.15) is 18.2 Å². The minimum atomic E-state index is -0.576. The molecule has 1 aliphatic carbocycles. The highest BCUT2D eigenvalue weighted by atomic mass is 35.5. The van der Waals surface area contributed by atoms with Crippen LogP contribution in [0.5, 0.6) is 5.75 Å². The first-order valence-electron chi connectivity index (χ1n) is 13.2. The van der Waals surface area contributed by atoms with Gasteiger partial charge in [-0.25, -0.2) is 0 Å². The molecule has 1 unspecified atom stereocenters. The number of nitriles is 1. The maximum absolute atomic E-state index is 13.9. The van der Waals surface area contributed by atoms with Gasteiger partial charge >= 0.3 is 0 Å². The van der Waals surface area contributed by atoms with Crippen molar-refractivity contribution in [1.29, 1.82) is 5.26 Å². The molecule has 40 heavy (non-hydrogen) atoms. The highest BCUT2D eigenvalue weighted by Crippen LogP contribution is 2.51. The zero-order valence-corrected chi connectivity index (χ0v) is 24.5. The number of allylic oxidation sites excluding steroid dienone is 3. The van der Waals surface area contributed by atoms with Gasteiger partial charge in [0, 0.05) is 33.4 Å². The lowest BCUT2D eigenvalue weighted by Crippen LogP contribution is -2.42. The molecular formula is C33H31Cl2N3O2. The van der Waals surface area contributed by atoms with E-state index < -0.39 is 5.92 Å². The quantitative estimate of drug-likeness (QED) is 0.334. The highest BCUT2D eigenvalue weighted by Gasteiger charge is 2.45. The van der Waals surface area contributed by atoms with Gasteiger partial charge in [-0.1, -0.05) is 60.8 Å². The average molecular weight is 573 g/mol. The van der Waals surface area contributed by atoms with Crippen molar-refractivity contribution in [3.8, 4) is 11.8 Å². The van der Waals surface area contributed by atoms with Gasteiger partial charge in [0.15, 0.2) is 5.78 Å². The molecule has 0 radical (unpaired) electrons. The number of benzene rings is 3. The molecule has 5 rings (SSSR count). The van der Waals surface area contributed by atoms with Crippen LogP contribution in [-0.2, 0) is 11.4 Å². The first-order valence-corrected chi connectivity index (χ1v) is 13.9. The zero-order chi connectivity index (χ0) is 28.8. The molecule has 1 heterocycles. The van der Waals surface area contributed by atoms with E-state index in [0.717, 1.165) is 33.6 Å². The van der Waals surface area contributed by atoms with Gasteiger partial charge in [-0.3, -0.25) is 9.69 Å². The number of hydrogen-bond acceptors (Lipinski definition) is 5. The number of aryl methyl sites for hydroxylation is 1. The van der Waals surface area contributed by atoms with Crippen LogP contribution >= 0.6 is 23.2 Å². The second kappa shape index (κ2) is 10.7. The van der Waals surface area contributed by atoms with Crippen LogP contribution in [0.15, 0.2) is 83.3 Å². The predicted octanol–water partition coefficient (Wildman–Crippen LogP) is 8.13. The van der Waals surface area contributed by atoms with Crippen molar-refractivity contribution in [3.05, 3.63) is 116 Å². The largest absolute Gasteiger partial charge is 0.489 e. The van der Waals surface area contributed by atoms with Crippen molar-refractivity contribution in [2.24, 2.45) is 11.1 Å². The third-order valence-corrected chi connectivity index (χ3v) is 8.15. The lowest BCUT2D eigenvalue weighted by molar-refractivity contribution is -0.118. The molecule has 0 fully saturated rings. The van der Waals surface area contributed by atoms with E-state index in [4.69, 9.17) is 33.7 Å². The summed E-state index contributed by atoms with van der Waals surface area (Å²) < 4.78 is 6.08. The van der Waals surface area contributed by atoms with Crippen molar-refractivity contribution in [2.45, 2.75) is 53.1 Å². The fourth-order valence-corrected chi connectivity index (χ4v) is 6.15. The number of carbonyl (C=O) groups excluding carboxylic acids is 1. The fourth-order valence-electron chi connectivity index (χ4n) is 5.84. The number of ether oxygens (including phenoxy) is 1. The first-order chi connectivity index (χ1) is 19.0. The molecule has 7 heteroatoms. The van der Waals surface area contributed by atoms with E-state index in [9.17, 15) is 10.1 Å². The summed E-state index contributed by atoms with van der Waals surface area (Å²) in [6, 6.07) is 21.1. The van der Waals surface area contributed by atoms with Gasteiger partial charge in [0.2, 0.25) is 0 Å². The third kappa shape index (κ3) is 5.22. The fraction of sp³-hybridized carbons (Fsp3) is 0.273. The van der Waals surface area contributed by atoms with Crippen molar-refractivity contribution in [2.75, 3.05) is 4.90 Å². The van der Waals surface area contributed by atoms with E-state index in [2.05, 4.69) is 32.0 Å². The van der Waals surface area contributed by atoms with E-state index >= 15 is 0 Å². The summed E-state index contributed by atoms with van der Waals surface area (Å²) in [4.78, 5) is 15.8. The van der Waals surface area contributed by atoms with Crippen LogP contribution < -0.4 is 15.4 Å². The molecule has 3 aromatic carbocycles. The predicted molar refractivity (Wildman–Crippen MR) is 160 cm³/mol. The normalized spacial score (nSPS) is 18.5.